The van der Waals surface area contributed by atoms with Crippen molar-refractivity contribution in [3.8, 4) is 0 Å². The molecule has 11 heavy (non-hydrogen) atoms. The summed E-state index contributed by atoms with van der Waals surface area (Å²) in [5.41, 5.74) is 0. The van der Waals surface area contributed by atoms with Crippen molar-refractivity contribution in [2.24, 2.45) is 0 Å². The third-order valence-electron chi connectivity index (χ3n) is 0.801. The average Bonchev–Trinajstić information content (AvgIpc) is 2.08. The van der Waals surface area contributed by atoms with Gasteiger partial charge in [0, 0.05) is 21.3 Å². The van der Waals surface area contributed by atoms with Crippen molar-refractivity contribution in [2.45, 2.75) is 18.7 Å². The summed E-state index contributed by atoms with van der Waals surface area (Å²) in [6.07, 6.45) is 1.29. The molecule has 0 aromatic rings. The van der Waals surface area contributed by atoms with Gasteiger partial charge < -0.3 is 13.3 Å². The Morgan fingerprint density at radius 3 is 1.36 bits per heavy atom. The van der Waals surface area contributed by atoms with Gasteiger partial charge in [-0.2, -0.15) is 0 Å². The molecule has 0 radical (unpaired) electrons. The van der Waals surface area contributed by atoms with Crippen molar-refractivity contribution in [1.29, 1.82) is 0 Å². The first-order chi connectivity index (χ1) is 5.26. The van der Waals surface area contributed by atoms with Gasteiger partial charge in [-0.3, -0.25) is 0 Å². The fourth-order valence-electron chi connectivity index (χ4n) is 0.289. The summed E-state index contributed by atoms with van der Waals surface area (Å²) in [6.45, 7) is 2.16. The van der Waals surface area contributed by atoms with Gasteiger partial charge in [-0.15, -0.1) is 0 Å². The molecular formula is C6H18O3SeSi. The van der Waals surface area contributed by atoms with Gasteiger partial charge in [0.15, 0.2) is 0 Å². The van der Waals surface area contributed by atoms with Crippen molar-refractivity contribution in [2.75, 3.05) is 21.3 Å². The molecule has 0 spiro atoms. The van der Waals surface area contributed by atoms with E-state index in [1.165, 1.54) is 11.7 Å². The Balaban J connectivity index is 0. The van der Waals surface area contributed by atoms with Gasteiger partial charge >= 0.3 is 44.2 Å². The molecule has 0 aliphatic heterocycles. The summed E-state index contributed by atoms with van der Waals surface area (Å²) in [6, 6.07) is 0. The zero-order valence-electron chi connectivity index (χ0n) is 7.66. The number of rotatable bonds is 4. The molecule has 0 saturated carbocycles. The van der Waals surface area contributed by atoms with E-state index in [-0.39, 0.29) is 0 Å². The minimum Gasteiger partial charge on any atom is -0.379 e. The average molecular weight is 245 g/mol. The first-order valence-electron chi connectivity index (χ1n) is 3.46. The third-order valence-corrected chi connectivity index (χ3v) is 2.89. The molecule has 3 nitrogen and oxygen atoms in total. The van der Waals surface area contributed by atoms with Crippen LogP contribution in [0.15, 0.2) is 0 Å². The van der Waals surface area contributed by atoms with Gasteiger partial charge in [0.25, 0.3) is 0 Å². The summed E-state index contributed by atoms with van der Waals surface area (Å²) in [5, 5.41) is 1.26. The molecule has 0 aromatic carbocycles. The standard InChI is InChI=1S/C3H10O3Si.C3H8Se/c1-4-7(5-2)6-3;1-2-3-4/h7H,1-3H3;4H,2-3H2,1H3. The van der Waals surface area contributed by atoms with Crippen LogP contribution in [0.5, 0.6) is 0 Å². The van der Waals surface area contributed by atoms with E-state index in [0.717, 1.165) is 0 Å². The van der Waals surface area contributed by atoms with Gasteiger partial charge in [0.2, 0.25) is 0 Å². The first kappa shape index (κ1) is 14.2. The smallest absolute Gasteiger partial charge is 0.379 e. The van der Waals surface area contributed by atoms with E-state index in [4.69, 9.17) is 13.3 Å². The van der Waals surface area contributed by atoms with Crippen LogP contribution < -0.4 is 0 Å². The van der Waals surface area contributed by atoms with Crippen molar-refractivity contribution >= 4 is 25.5 Å². The first-order valence-corrected chi connectivity index (χ1v) is 6.20. The Morgan fingerprint density at radius 1 is 1.09 bits per heavy atom. The normalized spacial score (nSPS) is 9.27. The summed E-state index contributed by atoms with van der Waals surface area (Å²) < 4.78 is 14.2. The van der Waals surface area contributed by atoms with Gasteiger partial charge in [-0.25, -0.2) is 0 Å². The van der Waals surface area contributed by atoms with E-state index in [1.807, 2.05) is 0 Å². The fourth-order valence-corrected chi connectivity index (χ4v) is 0.866. The summed E-state index contributed by atoms with van der Waals surface area (Å²) in [5.74, 6) is 0. The minimum absolute atomic E-state index is 1.26. The maximum atomic E-state index is 4.74. The second kappa shape index (κ2) is 13.2. The van der Waals surface area contributed by atoms with Crippen LogP contribution in [0.3, 0.4) is 0 Å². The van der Waals surface area contributed by atoms with E-state index < -0.39 is 9.53 Å². The van der Waals surface area contributed by atoms with Crippen molar-refractivity contribution in [3.63, 3.8) is 0 Å². The maximum absolute atomic E-state index is 4.74. The van der Waals surface area contributed by atoms with E-state index in [9.17, 15) is 0 Å². The van der Waals surface area contributed by atoms with E-state index in [1.54, 1.807) is 21.3 Å². The predicted molar refractivity (Wildman–Crippen MR) is 50.4 cm³/mol. The Kier molecular flexibility index (Phi) is 17.0. The Hall–Kier alpha value is 0.616. The quantitative estimate of drug-likeness (QED) is 0.669. The molecule has 70 valence electrons. The molecule has 0 aromatic heterocycles. The van der Waals surface area contributed by atoms with Crippen LogP contribution in [0.4, 0.5) is 0 Å². The molecule has 0 N–H and O–H groups in total. The molecule has 5 heteroatoms. The van der Waals surface area contributed by atoms with Gasteiger partial charge in [-0.05, 0) is 0 Å². The molecule has 0 rings (SSSR count). The predicted octanol–water partition coefficient (Wildman–Crippen LogP) is 0.358. The fraction of sp³-hybridized carbons (Fsp3) is 1.00. The van der Waals surface area contributed by atoms with Gasteiger partial charge in [-0.1, -0.05) is 0 Å². The summed E-state index contributed by atoms with van der Waals surface area (Å²) in [7, 11) is 3.05. The minimum atomic E-state index is -1.67. The van der Waals surface area contributed by atoms with Gasteiger partial charge in [0.05, 0.1) is 0 Å². The second-order valence-corrected chi connectivity index (χ2v) is 4.65. The SMILES string of the molecule is CCC[SeH].CO[SiH](OC)OC. The molecule has 0 amide bonds. The van der Waals surface area contributed by atoms with Crippen molar-refractivity contribution in [1.82, 2.24) is 0 Å². The Bertz CT molecular complexity index is 54.3. The molecule has 0 fully saturated rings. The molecule has 0 aliphatic carbocycles. The van der Waals surface area contributed by atoms with Crippen LogP contribution in [0.2, 0.25) is 5.32 Å². The van der Waals surface area contributed by atoms with Crippen LogP contribution in [0, 0.1) is 0 Å². The molecule has 0 aliphatic rings. The zero-order valence-corrected chi connectivity index (χ0v) is 10.7. The largest absolute Gasteiger partial charge is 0.483 e. The molecule has 0 heterocycles. The van der Waals surface area contributed by atoms with Crippen molar-refractivity contribution < 1.29 is 13.3 Å². The van der Waals surface area contributed by atoms with Crippen LogP contribution in [-0.4, -0.2) is 46.9 Å². The molecule has 0 saturated heterocycles. The zero-order chi connectivity index (χ0) is 9.11. The monoisotopic (exact) mass is 246 g/mol. The molecule has 0 unspecified atom stereocenters. The Morgan fingerprint density at radius 2 is 1.36 bits per heavy atom. The topological polar surface area (TPSA) is 27.7 Å². The molecule has 0 atom stereocenters. The maximum Gasteiger partial charge on any atom is 0.483 e. The Labute approximate surface area is 79.2 Å². The third kappa shape index (κ3) is 13.6. The van der Waals surface area contributed by atoms with Crippen LogP contribution in [0.25, 0.3) is 0 Å². The van der Waals surface area contributed by atoms with Crippen LogP contribution in [-0.2, 0) is 13.3 Å². The van der Waals surface area contributed by atoms with E-state index in [0.29, 0.717) is 0 Å². The number of hydrogen-bond acceptors (Lipinski definition) is 3. The summed E-state index contributed by atoms with van der Waals surface area (Å²) >= 11 is 2.54. The van der Waals surface area contributed by atoms with Crippen LogP contribution in [0.1, 0.15) is 13.3 Å². The molecule has 0 bridgehead atoms. The molecular weight excluding hydrogens is 227 g/mol. The summed E-state index contributed by atoms with van der Waals surface area (Å²) in [4.78, 5) is 0. The number of hydrogen-bond donors (Lipinski definition) is 0. The van der Waals surface area contributed by atoms with E-state index >= 15 is 0 Å². The van der Waals surface area contributed by atoms with Crippen LogP contribution >= 0.6 is 0 Å². The second-order valence-electron chi connectivity index (χ2n) is 1.72. The van der Waals surface area contributed by atoms with Crippen molar-refractivity contribution in [3.05, 3.63) is 0 Å². The van der Waals surface area contributed by atoms with E-state index in [2.05, 4.69) is 22.9 Å². The van der Waals surface area contributed by atoms with Gasteiger partial charge in [0.1, 0.15) is 0 Å².